The molecule has 3 amide bonds. The summed E-state index contributed by atoms with van der Waals surface area (Å²) in [6.45, 7) is 1.11. The molecule has 0 aliphatic carbocycles. The molecule has 0 atom stereocenters. The minimum absolute atomic E-state index is 0.195. The van der Waals surface area contributed by atoms with E-state index in [1.165, 1.54) is 0 Å². The van der Waals surface area contributed by atoms with Gasteiger partial charge in [-0.1, -0.05) is 11.6 Å². The SMILES string of the molecule is O=C(Nc1ccc(Cl)c(N2CCNC2=O)c1)c1ccncc1. The molecule has 0 bridgehead atoms. The molecule has 3 rings (SSSR count). The second kappa shape index (κ2) is 6.03. The molecule has 0 saturated carbocycles. The Hall–Kier alpha value is -2.60. The van der Waals surface area contributed by atoms with Crippen LogP contribution in [0.2, 0.25) is 5.02 Å². The smallest absolute Gasteiger partial charge is 0.322 e. The molecule has 2 aromatic rings. The Kier molecular flexibility index (Phi) is 3.93. The fourth-order valence-electron chi connectivity index (χ4n) is 2.21. The van der Waals surface area contributed by atoms with E-state index in [1.807, 2.05) is 0 Å². The number of hydrogen-bond acceptors (Lipinski definition) is 3. The lowest BCUT2D eigenvalue weighted by molar-refractivity contribution is 0.102. The lowest BCUT2D eigenvalue weighted by Crippen LogP contribution is -2.28. The Morgan fingerprint density at radius 1 is 1.27 bits per heavy atom. The summed E-state index contributed by atoms with van der Waals surface area (Å²) in [6, 6.07) is 8.09. The molecule has 0 spiro atoms. The van der Waals surface area contributed by atoms with Crippen LogP contribution in [0.15, 0.2) is 42.7 Å². The minimum atomic E-state index is -0.249. The number of amides is 3. The van der Waals surface area contributed by atoms with Gasteiger partial charge in [-0.2, -0.15) is 0 Å². The second-order valence-electron chi connectivity index (χ2n) is 4.74. The summed E-state index contributed by atoms with van der Waals surface area (Å²) in [5.74, 6) is -0.249. The van der Waals surface area contributed by atoms with Crippen LogP contribution < -0.4 is 15.5 Å². The maximum Gasteiger partial charge on any atom is 0.322 e. The van der Waals surface area contributed by atoms with Gasteiger partial charge in [-0.25, -0.2) is 4.79 Å². The highest BCUT2D eigenvalue weighted by molar-refractivity contribution is 6.34. The molecule has 1 aliphatic heterocycles. The van der Waals surface area contributed by atoms with Gasteiger partial charge in [0, 0.05) is 36.7 Å². The van der Waals surface area contributed by atoms with Crippen molar-refractivity contribution in [2.45, 2.75) is 0 Å². The van der Waals surface area contributed by atoms with Gasteiger partial charge >= 0.3 is 6.03 Å². The van der Waals surface area contributed by atoms with E-state index in [9.17, 15) is 9.59 Å². The number of carbonyl (C=O) groups excluding carboxylic acids is 2. The van der Waals surface area contributed by atoms with Crippen LogP contribution >= 0.6 is 11.6 Å². The van der Waals surface area contributed by atoms with Gasteiger partial charge in [0.2, 0.25) is 0 Å². The average molecular weight is 317 g/mol. The summed E-state index contributed by atoms with van der Waals surface area (Å²) in [6.07, 6.45) is 3.10. The molecule has 0 radical (unpaired) electrons. The quantitative estimate of drug-likeness (QED) is 0.913. The van der Waals surface area contributed by atoms with Crippen molar-refractivity contribution in [3.8, 4) is 0 Å². The maximum atomic E-state index is 12.1. The Labute approximate surface area is 132 Å². The molecule has 2 N–H and O–H groups in total. The maximum absolute atomic E-state index is 12.1. The molecule has 22 heavy (non-hydrogen) atoms. The van der Waals surface area contributed by atoms with Crippen molar-refractivity contribution in [2.75, 3.05) is 23.3 Å². The molecule has 0 unspecified atom stereocenters. The van der Waals surface area contributed by atoms with Gasteiger partial charge in [-0.3, -0.25) is 14.7 Å². The van der Waals surface area contributed by atoms with Gasteiger partial charge in [0.05, 0.1) is 10.7 Å². The monoisotopic (exact) mass is 316 g/mol. The summed E-state index contributed by atoms with van der Waals surface area (Å²) in [5, 5.41) is 5.95. The third-order valence-electron chi connectivity index (χ3n) is 3.29. The fourth-order valence-corrected chi connectivity index (χ4v) is 2.42. The molecule has 1 saturated heterocycles. The number of benzene rings is 1. The van der Waals surface area contributed by atoms with Crippen LogP contribution in [0.3, 0.4) is 0 Å². The first kappa shape index (κ1) is 14.3. The summed E-state index contributed by atoms with van der Waals surface area (Å²) in [4.78, 5) is 29.3. The summed E-state index contributed by atoms with van der Waals surface area (Å²) in [5.41, 5.74) is 1.65. The standard InChI is InChI=1S/C15H13ClN4O2/c16-12-2-1-11(9-13(12)20-8-7-18-15(20)22)19-14(21)10-3-5-17-6-4-10/h1-6,9H,7-8H2,(H,18,22)(H,19,21). The molecular weight excluding hydrogens is 304 g/mol. The molecular formula is C15H13ClN4O2. The van der Waals surface area contributed by atoms with Gasteiger partial charge in [-0.05, 0) is 30.3 Å². The summed E-state index contributed by atoms with van der Waals surface area (Å²) >= 11 is 6.15. The summed E-state index contributed by atoms with van der Waals surface area (Å²) < 4.78 is 0. The zero-order valence-corrected chi connectivity index (χ0v) is 12.3. The zero-order valence-electron chi connectivity index (χ0n) is 11.5. The fraction of sp³-hybridized carbons (Fsp3) is 0.133. The number of nitrogens with one attached hydrogen (secondary N) is 2. The minimum Gasteiger partial charge on any atom is -0.336 e. The van der Waals surface area contributed by atoms with E-state index < -0.39 is 0 Å². The number of pyridine rings is 1. The van der Waals surface area contributed by atoms with Crippen molar-refractivity contribution >= 4 is 34.9 Å². The van der Waals surface area contributed by atoms with Crippen LogP contribution in [-0.2, 0) is 0 Å². The van der Waals surface area contributed by atoms with Crippen LogP contribution in [0.25, 0.3) is 0 Å². The number of nitrogens with zero attached hydrogens (tertiary/aromatic N) is 2. The lowest BCUT2D eigenvalue weighted by atomic mass is 10.2. The van der Waals surface area contributed by atoms with E-state index in [0.29, 0.717) is 35.1 Å². The van der Waals surface area contributed by atoms with Crippen LogP contribution in [0.4, 0.5) is 16.2 Å². The number of aromatic nitrogens is 1. The van der Waals surface area contributed by atoms with Crippen molar-refractivity contribution in [3.05, 3.63) is 53.3 Å². The number of rotatable bonds is 3. The van der Waals surface area contributed by atoms with Crippen molar-refractivity contribution < 1.29 is 9.59 Å². The van der Waals surface area contributed by atoms with Crippen molar-refractivity contribution in [3.63, 3.8) is 0 Å². The van der Waals surface area contributed by atoms with Gasteiger partial charge in [0.15, 0.2) is 0 Å². The average Bonchev–Trinajstić information content (AvgIpc) is 2.96. The lowest BCUT2D eigenvalue weighted by Gasteiger charge is -2.17. The largest absolute Gasteiger partial charge is 0.336 e. The number of halogens is 1. The second-order valence-corrected chi connectivity index (χ2v) is 5.15. The Balaban J connectivity index is 1.83. The topological polar surface area (TPSA) is 74.3 Å². The number of urea groups is 1. The van der Waals surface area contributed by atoms with Crippen molar-refractivity contribution in [1.29, 1.82) is 0 Å². The van der Waals surface area contributed by atoms with Gasteiger partial charge in [0.25, 0.3) is 5.91 Å². The molecule has 7 heteroatoms. The highest BCUT2D eigenvalue weighted by Crippen LogP contribution is 2.30. The van der Waals surface area contributed by atoms with E-state index in [1.54, 1.807) is 47.6 Å². The Morgan fingerprint density at radius 3 is 2.73 bits per heavy atom. The Bertz CT molecular complexity index is 721. The third-order valence-corrected chi connectivity index (χ3v) is 3.61. The van der Waals surface area contributed by atoms with Crippen LogP contribution in [-0.4, -0.2) is 30.0 Å². The van der Waals surface area contributed by atoms with E-state index in [2.05, 4.69) is 15.6 Å². The number of carbonyl (C=O) groups is 2. The third kappa shape index (κ3) is 2.87. The molecule has 112 valence electrons. The first-order valence-corrected chi connectivity index (χ1v) is 7.09. The molecule has 6 nitrogen and oxygen atoms in total. The zero-order chi connectivity index (χ0) is 15.5. The van der Waals surface area contributed by atoms with E-state index in [0.717, 1.165) is 0 Å². The van der Waals surface area contributed by atoms with E-state index >= 15 is 0 Å². The molecule has 2 heterocycles. The van der Waals surface area contributed by atoms with Crippen molar-refractivity contribution in [2.24, 2.45) is 0 Å². The molecule has 1 aromatic heterocycles. The first-order chi connectivity index (χ1) is 10.6. The van der Waals surface area contributed by atoms with Crippen LogP contribution in [0.5, 0.6) is 0 Å². The van der Waals surface area contributed by atoms with Crippen LogP contribution in [0, 0.1) is 0 Å². The van der Waals surface area contributed by atoms with Crippen molar-refractivity contribution in [1.82, 2.24) is 10.3 Å². The highest BCUT2D eigenvalue weighted by Gasteiger charge is 2.23. The normalized spacial score (nSPS) is 13.9. The van der Waals surface area contributed by atoms with Gasteiger partial charge in [0.1, 0.15) is 0 Å². The molecule has 1 aromatic carbocycles. The van der Waals surface area contributed by atoms with E-state index in [4.69, 9.17) is 11.6 Å². The van der Waals surface area contributed by atoms with E-state index in [-0.39, 0.29) is 11.9 Å². The summed E-state index contributed by atoms with van der Waals surface area (Å²) in [7, 11) is 0. The van der Waals surface area contributed by atoms with Crippen LogP contribution in [0.1, 0.15) is 10.4 Å². The predicted molar refractivity (Wildman–Crippen MR) is 84.4 cm³/mol. The number of hydrogen-bond donors (Lipinski definition) is 2. The van der Waals surface area contributed by atoms with Gasteiger partial charge in [-0.15, -0.1) is 0 Å². The highest BCUT2D eigenvalue weighted by atomic mass is 35.5. The Morgan fingerprint density at radius 2 is 2.05 bits per heavy atom. The predicted octanol–water partition coefficient (Wildman–Crippen LogP) is 2.52. The van der Waals surface area contributed by atoms with Gasteiger partial charge < -0.3 is 10.6 Å². The first-order valence-electron chi connectivity index (χ1n) is 6.71. The number of anilines is 2. The molecule has 1 fully saturated rings. The molecule has 1 aliphatic rings.